The minimum absolute atomic E-state index is 0.0339. The van der Waals surface area contributed by atoms with Crippen molar-refractivity contribution in [1.82, 2.24) is 20.4 Å². The van der Waals surface area contributed by atoms with E-state index in [0.717, 1.165) is 25.9 Å². The van der Waals surface area contributed by atoms with Gasteiger partial charge in [-0.1, -0.05) is 5.16 Å². The van der Waals surface area contributed by atoms with Gasteiger partial charge in [0, 0.05) is 12.5 Å². The number of aromatic nitrogens is 2. The third-order valence-electron chi connectivity index (χ3n) is 3.98. The third kappa shape index (κ3) is 4.52. The fraction of sp³-hybridized carbons (Fsp3) is 0.714. The van der Waals surface area contributed by atoms with Crippen molar-refractivity contribution in [2.24, 2.45) is 11.7 Å². The van der Waals surface area contributed by atoms with Crippen LogP contribution in [0.5, 0.6) is 0 Å². The molecule has 22 heavy (non-hydrogen) atoms. The van der Waals surface area contributed by atoms with Crippen LogP contribution in [0.3, 0.4) is 0 Å². The Labute approximate surface area is 129 Å². The molecular formula is C14H23N5O3. The predicted molar refractivity (Wildman–Crippen MR) is 78.7 cm³/mol. The molecule has 8 heteroatoms. The summed E-state index contributed by atoms with van der Waals surface area (Å²) in [5, 5.41) is 6.32. The fourth-order valence-electron chi connectivity index (χ4n) is 2.61. The Morgan fingerprint density at radius 1 is 1.41 bits per heavy atom. The monoisotopic (exact) mass is 309 g/mol. The summed E-state index contributed by atoms with van der Waals surface area (Å²) in [6.45, 7) is 6.61. The van der Waals surface area contributed by atoms with E-state index in [2.05, 4.69) is 38.7 Å². The molecule has 1 aliphatic rings. The molecule has 1 aliphatic heterocycles. The van der Waals surface area contributed by atoms with Gasteiger partial charge in [-0.15, -0.1) is 0 Å². The summed E-state index contributed by atoms with van der Waals surface area (Å²) in [4.78, 5) is 29.0. The van der Waals surface area contributed by atoms with Crippen LogP contribution in [0.15, 0.2) is 4.52 Å². The fourth-order valence-corrected chi connectivity index (χ4v) is 2.61. The molecule has 0 saturated carbocycles. The zero-order valence-corrected chi connectivity index (χ0v) is 13.0. The zero-order chi connectivity index (χ0) is 16.1. The number of hydrogen-bond donors (Lipinski definition) is 2. The summed E-state index contributed by atoms with van der Waals surface area (Å²) in [6, 6.07) is 0.562. The summed E-state index contributed by atoms with van der Waals surface area (Å²) >= 11 is 0. The van der Waals surface area contributed by atoms with Gasteiger partial charge >= 0.3 is 11.8 Å². The molecule has 0 bridgehead atoms. The minimum atomic E-state index is -0.776. The third-order valence-corrected chi connectivity index (χ3v) is 3.98. The van der Waals surface area contributed by atoms with E-state index < -0.39 is 5.91 Å². The van der Waals surface area contributed by atoms with Crippen LogP contribution < -0.4 is 11.1 Å². The Hall–Kier alpha value is -1.96. The molecule has 2 amide bonds. The summed E-state index contributed by atoms with van der Waals surface area (Å²) in [5.74, 6) is -0.390. The van der Waals surface area contributed by atoms with Crippen molar-refractivity contribution in [3.63, 3.8) is 0 Å². The second-order valence-corrected chi connectivity index (χ2v) is 5.93. The Bertz CT molecular complexity index is 520. The van der Waals surface area contributed by atoms with Crippen LogP contribution >= 0.6 is 0 Å². The van der Waals surface area contributed by atoms with Crippen molar-refractivity contribution in [2.75, 3.05) is 13.1 Å². The molecule has 122 valence electrons. The molecule has 8 nitrogen and oxygen atoms in total. The van der Waals surface area contributed by atoms with Crippen LogP contribution in [-0.2, 0) is 11.3 Å². The van der Waals surface area contributed by atoms with Gasteiger partial charge in [0.2, 0.25) is 5.91 Å². The van der Waals surface area contributed by atoms with E-state index in [9.17, 15) is 9.59 Å². The highest BCUT2D eigenvalue weighted by Crippen LogP contribution is 2.21. The maximum absolute atomic E-state index is 11.9. The van der Waals surface area contributed by atoms with Crippen LogP contribution in [0.4, 0.5) is 0 Å². The lowest BCUT2D eigenvalue weighted by Gasteiger charge is -2.34. The lowest BCUT2D eigenvalue weighted by atomic mass is 9.92. The summed E-state index contributed by atoms with van der Waals surface area (Å²) in [6.07, 6.45) is 2.59. The second kappa shape index (κ2) is 7.35. The number of carbonyl (C=O) groups is 2. The first kappa shape index (κ1) is 16.4. The SMILES string of the molecule is CC(C)N1CCC(CC(=O)NCc2noc(C(N)=O)n2)CC1. The first-order chi connectivity index (χ1) is 10.5. The largest absolute Gasteiger partial charge is 0.361 e. The molecule has 2 rings (SSSR count). The van der Waals surface area contributed by atoms with Crippen LogP contribution in [0.1, 0.15) is 49.6 Å². The number of likely N-dealkylation sites (tertiary alicyclic amines) is 1. The Morgan fingerprint density at radius 3 is 2.64 bits per heavy atom. The summed E-state index contributed by atoms with van der Waals surface area (Å²) in [5.41, 5.74) is 5.01. The molecule has 1 aromatic heterocycles. The topological polar surface area (TPSA) is 114 Å². The molecule has 0 aromatic carbocycles. The zero-order valence-electron chi connectivity index (χ0n) is 13.0. The average molecular weight is 309 g/mol. The van der Waals surface area contributed by atoms with Crippen molar-refractivity contribution in [3.05, 3.63) is 11.7 Å². The molecule has 1 saturated heterocycles. The first-order valence-corrected chi connectivity index (χ1v) is 7.59. The lowest BCUT2D eigenvalue weighted by molar-refractivity contribution is -0.122. The highest BCUT2D eigenvalue weighted by Gasteiger charge is 2.22. The molecule has 2 heterocycles. The van der Waals surface area contributed by atoms with Gasteiger partial charge in [-0.05, 0) is 45.7 Å². The maximum atomic E-state index is 11.9. The molecule has 0 spiro atoms. The number of carbonyl (C=O) groups excluding carboxylic acids is 2. The Kier molecular flexibility index (Phi) is 5.48. The summed E-state index contributed by atoms with van der Waals surface area (Å²) in [7, 11) is 0. The lowest BCUT2D eigenvalue weighted by Crippen LogP contribution is -2.39. The van der Waals surface area contributed by atoms with Crippen LogP contribution in [0, 0.1) is 5.92 Å². The molecule has 0 aliphatic carbocycles. The molecule has 0 radical (unpaired) electrons. The number of primary amides is 1. The molecule has 1 fully saturated rings. The quantitative estimate of drug-likeness (QED) is 0.781. The smallest absolute Gasteiger partial charge is 0.315 e. The standard InChI is InChI=1S/C14H23N5O3/c1-9(2)19-5-3-10(4-6-19)7-12(20)16-8-11-17-14(13(15)21)22-18-11/h9-10H,3-8H2,1-2H3,(H2,15,21)(H,16,20). The number of nitrogens with one attached hydrogen (secondary N) is 1. The van der Waals surface area contributed by atoms with Gasteiger partial charge in [-0.25, -0.2) is 0 Å². The normalized spacial score (nSPS) is 16.9. The van der Waals surface area contributed by atoms with Gasteiger partial charge in [-0.3, -0.25) is 9.59 Å². The van der Waals surface area contributed by atoms with E-state index in [1.807, 2.05) is 0 Å². The molecule has 1 aromatic rings. The summed E-state index contributed by atoms with van der Waals surface area (Å²) < 4.78 is 4.65. The van der Waals surface area contributed by atoms with Crippen molar-refractivity contribution in [1.29, 1.82) is 0 Å². The number of nitrogens with two attached hydrogens (primary N) is 1. The Morgan fingerprint density at radius 2 is 2.09 bits per heavy atom. The van der Waals surface area contributed by atoms with Crippen molar-refractivity contribution in [2.45, 2.75) is 45.7 Å². The van der Waals surface area contributed by atoms with Gasteiger partial charge < -0.3 is 20.5 Å². The van der Waals surface area contributed by atoms with E-state index in [0.29, 0.717) is 18.4 Å². The number of nitrogens with zero attached hydrogens (tertiary/aromatic N) is 3. The van der Waals surface area contributed by atoms with E-state index in [4.69, 9.17) is 5.73 Å². The molecule has 0 atom stereocenters. The second-order valence-electron chi connectivity index (χ2n) is 5.93. The predicted octanol–water partition coefficient (Wildman–Crippen LogP) is 0.295. The first-order valence-electron chi connectivity index (χ1n) is 7.59. The number of rotatable bonds is 6. The van der Waals surface area contributed by atoms with E-state index in [1.54, 1.807) is 0 Å². The number of piperidine rings is 1. The molecule has 0 unspecified atom stereocenters. The van der Waals surface area contributed by atoms with Gasteiger partial charge in [-0.2, -0.15) is 4.98 Å². The van der Waals surface area contributed by atoms with E-state index in [-0.39, 0.29) is 24.2 Å². The van der Waals surface area contributed by atoms with E-state index >= 15 is 0 Å². The minimum Gasteiger partial charge on any atom is -0.361 e. The van der Waals surface area contributed by atoms with E-state index in [1.165, 1.54) is 0 Å². The highest BCUT2D eigenvalue weighted by molar-refractivity contribution is 5.87. The number of hydrogen-bond acceptors (Lipinski definition) is 6. The molecular weight excluding hydrogens is 286 g/mol. The van der Waals surface area contributed by atoms with Gasteiger partial charge in [0.1, 0.15) is 0 Å². The van der Waals surface area contributed by atoms with Crippen molar-refractivity contribution in [3.8, 4) is 0 Å². The highest BCUT2D eigenvalue weighted by atomic mass is 16.5. The van der Waals surface area contributed by atoms with Crippen molar-refractivity contribution < 1.29 is 14.1 Å². The van der Waals surface area contributed by atoms with Crippen LogP contribution in [-0.4, -0.2) is 46.0 Å². The van der Waals surface area contributed by atoms with Crippen molar-refractivity contribution >= 4 is 11.8 Å². The van der Waals surface area contributed by atoms with Crippen LogP contribution in [0.25, 0.3) is 0 Å². The number of amides is 2. The van der Waals surface area contributed by atoms with Gasteiger partial charge in [0.25, 0.3) is 0 Å². The van der Waals surface area contributed by atoms with Gasteiger partial charge in [0.05, 0.1) is 6.54 Å². The Balaban J connectivity index is 1.71. The van der Waals surface area contributed by atoms with Gasteiger partial charge in [0.15, 0.2) is 5.82 Å². The van der Waals surface area contributed by atoms with Crippen LogP contribution in [0.2, 0.25) is 0 Å². The maximum Gasteiger partial charge on any atom is 0.315 e. The molecule has 3 N–H and O–H groups in total. The average Bonchev–Trinajstić information content (AvgIpc) is 2.95.